The molecule has 0 saturated carbocycles. The second-order valence-electron chi connectivity index (χ2n) is 5.71. The van der Waals surface area contributed by atoms with E-state index >= 15 is 0 Å². The number of aryl methyl sites for hydroxylation is 1. The van der Waals surface area contributed by atoms with Crippen molar-refractivity contribution in [1.29, 1.82) is 0 Å². The fourth-order valence-electron chi connectivity index (χ4n) is 2.64. The highest BCUT2D eigenvalue weighted by Gasteiger charge is 2.32. The number of hydrogen-bond donors (Lipinski definition) is 0. The average Bonchev–Trinajstić information content (AvgIpc) is 3.04. The molecule has 0 spiro atoms. The zero-order valence-electron chi connectivity index (χ0n) is 13.4. The molecule has 1 aliphatic rings. The van der Waals surface area contributed by atoms with Crippen molar-refractivity contribution in [3.8, 4) is 5.88 Å². The first-order valence-electron chi connectivity index (χ1n) is 7.64. The lowest BCUT2D eigenvalue weighted by Crippen LogP contribution is -2.31. The Bertz CT molecular complexity index is 812. The van der Waals surface area contributed by atoms with E-state index < -0.39 is 10.8 Å². The summed E-state index contributed by atoms with van der Waals surface area (Å²) in [4.78, 5) is 24.7. The number of nitro groups is 1. The first-order valence-corrected chi connectivity index (χ1v) is 8.02. The van der Waals surface area contributed by atoms with E-state index in [1.54, 1.807) is 12.1 Å². The molecule has 1 saturated heterocycles. The highest BCUT2D eigenvalue weighted by Crippen LogP contribution is 2.26. The van der Waals surface area contributed by atoms with Gasteiger partial charge in [0.2, 0.25) is 5.88 Å². The predicted octanol–water partition coefficient (Wildman–Crippen LogP) is 2.64. The van der Waals surface area contributed by atoms with E-state index in [9.17, 15) is 14.9 Å². The van der Waals surface area contributed by atoms with Gasteiger partial charge in [-0.2, -0.15) is 5.10 Å². The number of rotatable bonds is 4. The van der Waals surface area contributed by atoms with Crippen molar-refractivity contribution in [3.63, 3.8) is 0 Å². The summed E-state index contributed by atoms with van der Waals surface area (Å²) in [6.45, 7) is 2.58. The van der Waals surface area contributed by atoms with E-state index in [1.165, 1.54) is 23.1 Å². The highest BCUT2D eigenvalue weighted by atomic mass is 35.5. The molecule has 9 heteroatoms. The Labute approximate surface area is 148 Å². The molecule has 0 bridgehead atoms. The quantitative estimate of drug-likeness (QED) is 0.612. The zero-order chi connectivity index (χ0) is 18.0. The van der Waals surface area contributed by atoms with E-state index in [0.29, 0.717) is 25.4 Å². The number of halogens is 1. The fraction of sp³-hybridized carbons (Fsp3) is 0.312. The van der Waals surface area contributed by atoms with Crippen LogP contribution < -0.4 is 4.74 Å². The van der Waals surface area contributed by atoms with Crippen molar-refractivity contribution >= 4 is 23.2 Å². The summed E-state index contributed by atoms with van der Waals surface area (Å²) >= 11 is 5.89. The van der Waals surface area contributed by atoms with Gasteiger partial charge in [-0.15, -0.1) is 5.10 Å². The van der Waals surface area contributed by atoms with Crippen molar-refractivity contribution in [3.05, 3.63) is 56.7 Å². The Kier molecular flexibility index (Phi) is 4.80. The first kappa shape index (κ1) is 17.1. The Hall–Kier alpha value is -2.74. The molecular formula is C16H15ClN4O4. The molecule has 8 nitrogen and oxygen atoms in total. The van der Waals surface area contributed by atoms with Gasteiger partial charge in [-0.3, -0.25) is 14.9 Å². The molecule has 1 fully saturated rings. The largest absolute Gasteiger partial charge is 0.471 e. The lowest BCUT2D eigenvalue weighted by atomic mass is 10.1. The average molecular weight is 363 g/mol. The predicted molar refractivity (Wildman–Crippen MR) is 89.8 cm³/mol. The number of nitro benzene ring substituents is 1. The van der Waals surface area contributed by atoms with Crippen molar-refractivity contribution in [2.75, 3.05) is 13.1 Å². The van der Waals surface area contributed by atoms with Gasteiger partial charge in [0.25, 0.3) is 11.6 Å². The lowest BCUT2D eigenvalue weighted by Gasteiger charge is -2.17. The van der Waals surface area contributed by atoms with Crippen molar-refractivity contribution in [1.82, 2.24) is 15.1 Å². The van der Waals surface area contributed by atoms with Gasteiger partial charge in [0.15, 0.2) is 0 Å². The van der Waals surface area contributed by atoms with Crippen LogP contribution in [-0.4, -0.2) is 45.1 Å². The minimum Gasteiger partial charge on any atom is -0.471 e. The smallest absolute Gasteiger partial charge is 0.282 e. The lowest BCUT2D eigenvalue weighted by molar-refractivity contribution is -0.385. The minimum atomic E-state index is -0.588. The maximum absolute atomic E-state index is 12.6. The van der Waals surface area contributed by atoms with E-state index in [0.717, 1.165) is 5.69 Å². The van der Waals surface area contributed by atoms with Crippen molar-refractivity contribution in [2.45, 2.75) is 19.4 Å². The van der Waals surface area contributed by atoms with Crippen LogP contribution >= 0.6 is 11.6 Å². The summed E-state index contributed by atoms with van der Waals surface area (Å²) in [7, 11) is 0. The van der Waals surface area contributed by atoms with Crippen LogP contribution in [0.1, 0.15) is 22.5 Å². The van der Waals surface area contributed by atoms with Gasteiger partial charge in [-0.05, 0) is 25.1 Å². The Balaban J connectivity index is 1.71. The number of hydrogen-bond acceptors (Lipinski definition) is 6. The van der Waals surface area contributed by atoms with Gasteiger partial charge in [-0.1, -0.05) is 11.6 Å². The summed E-state index contributed by atoms with van der Waals surface area (Å²) in [5, 5.41) is 19.3. The number of aromatic nitrogens is 2. The first-order chi connectivity index (χ1) is 11.9. The van der Waals surface area contributed by atoms with Gasteiger partial charge in [0, 0.05) is 30.1 Å². The third kappa shape index (κ3) is 3.85. The van der Waals surface area contributed by atoms with Crippen LogP contribution in [0.5, 0.6) is 5.88 Å². The van der Waals surface area contributed by atoms with Gasteiger partial charge in [-0.25, -0.2) is 0 Å². The molecule has 1 aromatic heterocycles. The second-order valence-corrected chi connectivity index (χ2v) is 6.15. The third-order valence-electron chi connectivity index (χ3n) is 3.88. The number of carbonyl (C=O) groups excluding carboxylic acids is 1. The SMILES string of the molecule is Cc1ccc(OC2CCN(C(=O)c3cc(Cl)ccc3[N+](=O)[O-])C2)nn1. The summed E-state index contributed by atoms with van der Waals surface area (Å²) in [6, 6.07) is 7.45. The molecule has 1 unspecified atom stereocenters. The van der Waals surface area contributed by atoms with Gasteiger partial charge >= 0.3 is 0 Å². The number of likely N-dealkylation sites (tertiary alicyclic amines) is 1. The molecular weight excluding hydrogens is 348 g/mol. The number of nitrogens with zero attached hydrogens (tertiary/aromatic N) is 4. The van der Waals surface area contributed by atoms with Gasteiger partial charge in [0.1, 0.15) is 11.7 Å². The van der Waals surface area contributed by atoms with Crippen LogP contribution in [0.2, 0.25) is 5.02 Å². The van der Waals surface area contributed by atoms with Crippen LogP contribution in [0.15, 0.2) is 30.3 Å². The third-order valence-corrected chi connectivity index (χ3v) is 4.11. The van der Waals surface area contributed by atoms with Crippen LogP contribution in [0.4, 0.5) is 5.69 Å². The van der Waals surface area contributed by atoms with Crippen molar-refractivity contribution < 1.29 is 14.5 Å². The fourth-order valence-corrected chi connectivity index (χ4v) is 2.81. The van der Waals surface area contributed by atoms with E-state index in [-0.39, 0.29) is 22.4 Å². The van der Waals surface area contributed by atoms with E-state index in [2.05, 4.69) is 10.2 Å². The number of ether oxygens (including phenoxy) is 1. The Morgan fingerprint density at radius 3 is 2.84 bits per heavy atom. The summed E-state index contributed by atoms with van der Waals surface area (Å²) in [5.41, 5.74) is 0.500. The Morgan fingerprint density at radius 2 is 2.16 bits per heavy atom. The highest BCUT2D eigenvalue weighted by molar-refractivity contribution is 6.31. The van der Waals surface area contributed by atoms with Gasteiger partial charge in [0.05, 0.1) is 17.2 Å². The van der Waals surface area contributed by atoms with E-state index in [4.69, 9.17) is 16.3 Å². The van der Waals surface area contributed by atoms with Crippen LogP contribution in [0, 0.1) is 17.0 Å². The van der Waals surface area contributed by atoms with E-state index in [1.807, 2.05) is 6.92 Å². The maximum atomic E-state index is 12.6. The molecule has 0 aliphatic carbocycles. The number of amides is 1. The molecule has 0 N–H and O–H groups in total. The molecule has 1 amide bonds. The summed E-state index contributed by atoms with van der Waals surface area (Å²) in [5.74, 6) is -0.0473. The normalized spacial score (nSPS) is 16.7. The molecule has 25 heavy (non-hydrogen) atoms. The summed E-state index contributed by atoms with van der Waals surface area (Å²) < 4.78 is 5.72. The van der Waals surface area contributed by atoms with Crippen LogP contribution in [0.3, 0.4) is 0 Å². The number of benzene rings is 1. The topological polar surface area (TPSA) is 98.5 Å². The van der Waals surface area contributed by atoms with Crippen molar-refractivity contribution in [2.24, 2.45) is 0 Å². The molecule has 1 aliphatic heterocycles. The number of carbonyl (C=O) groups is 1. The monoisotopic (exact) mass is 362 g/mol. The molecule has 130 valence electrons. The Morgan fingerprint density at radius 1 is 1.36 bits per heavy atom. The van der Waals surface area contributed by atoms with Gasteiger partial charge < -0.3 is 9.64 Å². The molecule has 2 heterocycles. The molecule has 0 radical (unpaired) electrons. The van der Waals surface area contributed by atoms with Crippen LogP contribution in [0.25, 0.3) is 0 Å². The molecule has 1 aromatic carbocycles. The molecule has 2 aromatic rings. The maximum Gasteiger partial charge on any atom is 0.282 e. The standard InChI is InChI=1S/C16H15ClN4O4/c1-10-2-5-15(19-18-10)25-12-6-7-20(9-12)16(22)13-8-11(17)3-4-14(13)21(23)24/h2-5,8,12H,6-7,9H2,1H3. The molecule has 3 rings (SSSR count). The van der Waals surface area contributed by atoms with Crippen LogP contribution in [-0.2, 0) is 0 Å². The second kappa shape index (κ2) is 7.02. The zero-order valence-corrected chi connectivity index (χ0v) is 14.1. The summed E-state index contributed by atoms with van der Waals surface area (Å²) in [6.07, 6.45) is 0.370. The molecule has 1 atom stereocenters. The minimum absolute atomic E-state index is 0.0201.